The summed E-state index contributed by atoms with van der Waals surface area (Å²) in [6.07, 6.45) is 43.9. The molecule has 233 valence electrons. The zero-order valence-corrected chi connectivity index (χ0v) is 28.0. The van der Waals surface area contributed by atoms with Crippen LogP contribution in [0.15, 0.2) is 48.6 Å². The van der Waals surface area contributed by atoms with Crippen molar-refractivity contribution < 1.29 is 19.8 Å². The van der Waals surface area contributed by atoms with E-state index >= 15 is 0 Å². The van der Waals surface area contributed by atoms with Crippen molar-refractivity contribution >= 4 is 29.3 Å². The quantitative estimate of drug-likeness (QED) is 0.0522. The summed E-state index contributed by atoms with van der Waals surface area (Å²) in [5.41, 5.74) is 0. The standard InChI is InChI=1S/2C18H32O2.Al/c2*1-2-3-4-5-6-7-8-9-10-11-12-13-14-15-16-17-18(19)20;/h2*6-7,9-10H,2-5,8,11-17H2,1H3,(H,19,20);/q;;+2/p-2/b2*7-6-,10-9-;. The molecule has 0 bridgehead atoms. The Bertz CT molecular complexity index is 596. The van der Waals surface area contributed by atoms with E-state index in [0.29, 0.717) is 0 Å². The van der Waals surface area contributed by atoms with Crippen LogP contribution in [0.4, 0.5) is 0 Å². The van der Waals surface area contributed by atoms with Gasteiger partial charge in [0.15, 0.2) is 0 Å². The molecule has 41 heavy (non-hydrogen) atoms. The van der Waals surface area contributed by atoms with Crippen molar-refractivity contribution in [2.75, 3.05) is 0 Å². The fourth-order valence-electron chi connectivity index (χ4n) is 4.16. The molecule has 0 aromatic rings. The van der Waals surface area contributed by atoms with Crippen LogP contribution < -0.4 is 10.2 Å². The van der Waals surface area contributed by atoms with E-state index in [1.807, 2.05) is 0 Å². The Morgan fingerprint density at radius 2 is 0.683 bits per heavy atom. The summed E-state index contributed by atoms with van der Waals surface area (Å²) >= 11 is 0. The molecule has 1 radical (unpaired) electrons. The Morgan fingerprint density at radius 3 is 0.976 bits per heavy atom. The van der Waals surface area contributed by atoms with Crippen LogP contribution >= 0.6 is 0 Å². The predicted octanol–water partition coefficient (Wildman–Crippen LogP) is 8.72. The second kappa shape index (κ2) is 40.6. The van der Waals surface area contributed by atoms with E-state index in [4.69, 9.17) is 0 Å². The summed E-state index contributed by atoms with van der Waals surface area (Å²) in [6, 6.07) is 0. The maximum absolute atomic E-state index is 10.2. The van der Waals surface area contributed by atoms with Gasteiger partial charge in [-0.05, 0) is 89.9 Å². The molecule has 0 N–H and O–H groups in total. The molecule has 0 unspecified atom stereocenters. The molecule has 5 heteroatoms. The van der Waals surface area contributed by atoms with Crippen LogP contribution in [-0.2, 0) is 9.59 Å². The zero-order chi connectivity index (χ0) is 29.8. The topological polar surface area (TPSA) is 80.3 Å². The average Bonchev–Trinajstić information content (AvgIpc) is 2.93. The summed E-state index contributed by atoms with van der Waals surface area (Å²) in [7, 11) is 0. The molecule has 0 amide bonds. The van der Waals surface area contributed by atoms with Gasteiger partial charge in [0.25, 0.3) is 0 Å². The number of aliphatic carboxylic acids is 2. The van der Waals surface area contributed by atoms with Gasteiger partial charge in [0, 0.05) is 11.9 Å². The fourth-order valence-corrected chi connectivity index (χ4v) is 4.16. The van der Waals surface area contributed by atoms with E-state index in [1.165, 1.54) is 77.0 Å². The van der Waals surface area contributed by atoms with E-state index in [2.05, 4.69) is 62.5 Å². The molecule has 0 aliphatic rings. The smallest absolute Gasteiger partial charge is 0.550 e. The van der Waals surface area contributed by atoms with Crippen molar-refractivity contribution in [3.8, 4) is 0 Å². The van der Waals surface area contributed by atoms with Gasteiger partial charge in [0.1, 0.15) is 0 Å². The first kappa shape index (κ1) is 43.9. The van der Waals surface area contributed by atoms with Gasteiger partial charge >= 0.3 is 17.4 Å². The first-order valence-electron chi connectivity index (χ1n) is 16.5. The minimum atomic E-state index is -0.921. The van der Waals surface area contributed by atoms with Gasteiger partial charge in [-0.3, -0.25) is 0 Å². The van der Waals surface area contributed by atoms with Crippen LogP contribution in [0.25, 0.3) is 0 Å². The molecule has 0 heterocycles. The molecule has 0 aromatic heterocycles. The van der Waals surface area contributed by atoms with E-state index in [-0.39, 0.29) is 30.2 Å². The first-order valence-corrected chi connectivity index (χ1v) is 16.5. The Labute approximate surface area is 265 Å². The number of carboxylic acid groups (broad SMARTS) is 2. The molecule has 0 atom stereocenters. The van der Waals surface area contributed by atoms with Crippen molar-refractivity contribution in [3.05, 3.63) is 48.6 Å². The zero-order valence-electron chi connectivity index (χ0n) is 26.8. The van der Waals surface area contributed by atoms with Crippen molar-refractivity contribution in [3.63, 3.8) is 0 Å². The van der Waals surface area contributed by atoms with Crippen LogP contribution in [0.1, 0.15) is 168 Å². The maximum atomic E-state index is 10.2. The van der Waals surface area contributed by atoms with Gasteiger partial charge in [-0.2, -0.15) is 0 Å². The van der Waals surface area contributed by atoms with E-state index < -0.39 is 11.9 Å². The molecule has 0 saturated carbocycles. The molecule has 0 saturated heterocycles. The molecule has 0 rings (SSSR count). The number of carbonyl (C=O) groups is 2. The van der Waals surface area contributed by atoms with Gasteiger partial charge in [-0.15, -0.1) is 0 Å². The number of hydrogen-bond acceptors (Lipinski definition) is 4. The summed E-state index contributed by atoms with van der Waals surface area (Å²) in [4.78, 5) is 20.4. The maximum Gasteiger partial charge on any atom is 2.00 e. The number of carboxylic acids is 2. The SMILES string of the molecule is CCCCC/C=C\C/C=C\CCCCCCCC(=O)[O-].CCCCC/C=C\C/C=C\CCCCCCCC(=O)[O-].[Al+2]. The molecule has 0 aliphatic heterocycles. The number of allylic oxidation sites excluding steroid dienone is 8. The summed E-state index contributed by atoms with van der Waals surface area (Å²) in [5.74, 6) is -1.84. The third kappa shape index (κ3) is 48.5. The van der Waals surface area contributed by atoms with Gasteiger partial charge in [-0.1, -0.05) is 127 Å². The van der Waals surface area contributed by atoms with E-state index in [0.717, 1.165) is 64.2 Å². The second-order valence-electron chi connectivity index (χ2n) is 10.7. The molecule has 0 aliphatic carbocycles. The predicted molar refractivity (Wildman–Crippen MR) is 174 cm³/mol. The molecule has 4 nitrogen and oxygen atoms in total. The Balaban J connectivity index is -0.000000688. The van der Waals surface area contributed by atoms with Crippen molar-refractivity contribution in [2.24, 2.45) is 0 Å². The van der Waals surface area contributed by atoms with E-state index in [1.54, 1.807) is 0 Å². The van der Waals surface area contributed by atoms with Crippen LogP contribution in [0.2, 0.25) is 0 Å². The van der Waals surface area contributed by atoms with E-state index in [9.17, 15) is 19.8 Å². The van der Waals surface area contributed by atoms with Crippen LogP contribution in [0.5, 0.6) is 0 Å². The van der Waals surface area contributed by atoms with Crippen LogP contribution in [-0.4, -0.2) is 29.3 Å². The third-order valence-corrected chi connectivity index (χ3v) is 6.66. The van der Waals surface area contributed by atoms with Gasteiger partial charge < -0.3 is 19.8 Å². The molecule has 0 spiro atoms. The molecular weight excluding hydrogens is 523 g/mol. The van der Waals surface area contributed by atoms with Crippen molar-refractivity contribution in [2.45, 2.75) is 168 Å². The Hall–Kier alpha value is -1.57. The summed E-state index contributed by atoms with van der Waals surface area (Å²) < 4.78 is 0. The summed E-state index contributed by atoms with van der Waals surface area (Å²) in [5, 5.41) is 20.4. The van der Waals surface area contributed by atoms with Crippen LogP contribution in [0, 0.1) is 0 Å². The average molecular weight is 586 g/mol. The number of unbranched alkanes of at least 4 members (excludes halogenated alkanes) is 16. The van der Waals surface area contributed by atoms with Crippen molar-refractivity contribution in [1.82, 2.24) is 0 Å². The normalized spacial score (nSPS) is 11.4. The number of hydrogen-bond donors (Lipinski definition) is 0. The summed E-state index contributed by atoms with van der Waals surface area (Å²) in [6.45, 7) is 4.46. The monoisotopic (exact) mass is 585 g/mol. The van der Waals surface area contributed by atoms with Gasteiger partial charge in [0.05, 0.1) is 0 Å². The number of rotatable bonds is 28. The minimum absolute atomic E-state index is 0. The Morgan fingerprint density at radius 1 is 0.415 bits per heavy atom. The van der Waals surface area contributed by atoms with Crippen molar-refractivity contribution in [1.29, 1.82) is 0 Å². The fraction of sp³-hybridized carbons (Fsp3) is 0.722. The van der Waals surface area contributed by atoms with Crippen LogP contribution in [0.3, 0.4) is 0 Å². The molecule has 0 fully saturated rings. The third-order valence-electron chi connectivity index (χ3n) is 6.66. The number of carbonyl (C=O) groups excluding carboxylic acids is 2. The molecular formula is C36H62AlO4. The Kier molecular flexibility index (Phi) is 43.4. The molecule has 0 aromatic carbocycles. The van der Waals surface area contributed by atoms with Gasteiger partial charge in [-0.25, -0.2) is 0 Å². The van der Waals surface area contributed by atoms with Gasteiger partial charge in [0.2, 0.25) is 0 Å². The minimum Gasteiger partial charge on any atom is -0.550 e. The second-order valence-corrected chi connectivity index (χ2v) is 10.7. The first-order chi connectivity index (χ1) is 19.5. The largest absolute Gasteiger partial charge is 2.00 e.